The summed E-state index contributed by atoms with van der Waals surface area (Å²) >= 11 is 6.10. The lowest BCUT2D eigenvalue weighted by Crippen LogP contribution is -2.23. The number of fused-ring (bicyclic) bond motifs is 1. The zero-order chi connectivity index (χ0) is 21.1. The highest BCUT2D eigenvalue weighted by Gasteiger charge is 2.17. The minimum atomic E-state index is -0.688. The van der Waals surface area contributed by atoms with Crippen molar-refractivity contribution in [2.75, 3.05) is 26.6 Å². The van der Waals surface area contributed by atoms with E-state index < -0.39 is 17.4 Å². The molecule has 29 heavy (non-hydrogen) atoms. The molecule has 8 nitrogen and oxygen atoms in total. The number of nitrogens with one attached hydrogen (secondary N) is 2. The molecule has 0 fully saturated rings. The molecule has 0 saturated carbocycles. The van der Waals surface area contributed by atoms with E-state index in [0.29, 0.717) is 22.4 Å². The van der Waals surface area contributed by atoms with Crippen molar-refractivity contribution in [3.8, 4) is 11.5 Å². The van der Waals surface area contributed by atoms with Crippen molar-refractivity contribution in [1.82, 2.24) is 4.98 Å². The van der Waals surface area contributed by atoms with E-state index in [-0.39, 0.29) is 21.8 Å². The van der Waals surface area contributed by atoms with Crippen molar-refractivity contribution in [2.24, 2.45) is 0 Å². The van der Waals surface area contributed by atoms with Crippen LogP contribution in [0.4, 0.5) is 5.69 Å². The monoisotopic (exact) mass is 416 g/mol. The topological polar surface area (TPSA) is 107 Å². The van der Waals surface area contributed by atoms with Crippen molar-refractivity contribution in [3.05, 3.63) is 62.9 Å². The standard InChI is InChI=1S/C20H17ClN2O6/c1-27-16-8-11-6-12(18(24)22-14(11)9-17(16)28-2)19(25)23-15-7-10(20(26)29-3)4-5-13(15)21/h4-9H,1-3H3,(H,22,24)(H,23,25). The number of carbonyl (C=O) groups excluding carboxylic acids is 2. The highest BCUT2D eigenvalue weighted by molar-refractivity contribution is 6.34. The van der Waals surface area contributed by atoms with Crippen LogP contribution in [0, 0.1) is 0 Å². The van der Waals surface area contributed by atoms with Crippen LogP contribution in [-0.2, 0) is 4.74 Å². The molecule has 1 amide bonds. The lowest BCUT2D eigenvalue weighted by atomic mass is 10.1. The van der Waals surface area contributed by atoms with Gasteiger partial charge in [0.15, 0.2) is 11.5 Å². The Balaban J connectivity index is 2.00. The van der Waals surface area contributed by atoms with Crippen molar-refractivity contribution in [2.45, 2.75) is 0 Å². The molecule has 0 aliphatic carbocycles. The molecule has 0 spiro atoms. The number of rotatable bonds is 5. The van der Waals surface area contributed by atoms with E-state index in [4.69, 9.17) is 21.1 Å². The van der Waals surface area contributed by atoms with E-state index in [1.165, 1.54) is 45.6 Å². The van der Waals surface area contributed by atoms with E-state index >= 15 is 0 Å². The minimum Gasteiger partial charge on any atom is -0.493 e. The molecule has 2 aromatic carbocycles. The Hall–Kier alpha value is -3.52. The second-order valence-electron chi connectivity index (χ2n) is 5.95. The molecular formula is C20H17ClN2O6. The second-order valence-corrected chi connectivity index (χ2v) is 6.35. The molecule has 9 heteroatoms. The third-order valence-corrected chi connectivity index (χ3v) is 4.56. The number of aromatic amines is 1. The SMILES string of the molecule is COC(=O)c1ccc(Cl)c(NC(=O)c2cc3cc(OC)c(OC)cc3[nH]c2=O)c1. The summed E-state index contributed by atoms with van der Waals surface area (Å²) in [4.78, 5) is 39.5. The summed E-state index contributed by atoms with van der Waals surface area (Å²) in [6, 6.07) is 8.97. The maximum atomic E-state index is 12.7. The molecular weight excluding hydrogens is 400 g/mol. The summed E-state index contributed by atoms with van der Waals surface area (Å²) in [5, 5.41) is 3.32. The van der Waals surface area contributed by atoms with Crippen molar-refractivity contribution >= 4 is 40.1 Å². The average Bonchev–Trinajstić information content (AvgIpc) is 2.73. The number of esters is 1. The Bertz CT molecular complexity index is 1170. The number of methoxy groups -OCH3 is 3. The van der Waals surface area contributed by atoms with Gasteiger partial charge in [0.1, 0.15) is 5.56 Å². The Morgan fingerprint density at radius 1 is 1.00 bits per heavy atom. The van der Waals surface area contributed by atoms with Crippen LogP contribution >= 0.6 is 11.6 Å². The third kappa shape index (κ3) is 4.02. The first-order valence-corrected chi connectivity index (χ1v) is 8.74. The summed E-state index contributed by atoms with van der Waals surface area (Å²) in [7, 11) is 4.21. The number of carbonyl (C=O) groups is 2. The first-order chi connectivity index (χ1) is 13.9. The van der Waals surface area contributed by atoms with Crippen LogP contribution in [0.1, 0.15) is 20.7 Å². The molecule has 0 radical (unpaired) electrons. The maximum absolute atomic E-state index is 12.7. The summed E-state index contributed by atoms with van der Waals surface area (Å²) in [6.07, 6.45) is 0. The van der Waals surface area contributed by atoms with Gasteiger partial charge in [-0.05, 0) is 30.3 Å². The second kappa shape index (κ2) is 8.24. The largest absolute Gasteiger partial charge is 0.493 e. The van der Waals surface area contributed by atoms with Gasteiger partial charge in [-0.1, -0.05) is 11.6 Å². The van der Waals surface area contributed by atoms with Gasteiger partial charge in [-0.2, -0.15) is 0 Å². The smallest absolute Gasteiger partial charge is 0.337 e. The number of H-pyrrole nitrogens is 1. The Morgan fingerprint density at radius 2 is 1.69 bits per heavy atom. The van der Waals surface area contributed by atoms with Gasteiger partial charge < -0.3 is 24.5 Å². The molecule has 0 bridgehead atoms. The molecule has 0 saturated heterocycles. The molecule has 1 aromatic heterocycles. The summed E-state index contributed by atoms with van der Waals surface area (Å²) in [5.74, 6) is -0.375. The van der Waals surface area contributed by atoms with Gasteiger partial charge >= 0.3 is 5.97 Å². The van der Waals surface area contributed by atoms with Gasteiger partial charge in [0, 0.05) is 11.5 Å². The van der Waals surface area contributed by atoms with Crippen LogP contribution in [-0.4, -0.2) is 38.2 Å². The number of ether oxygens (including phenoxy) is 3. The van der Waals surface area contributed by atoms with E-state index in [9.17, 15) is 14.4 Å². The van der Waals surface area contributed by atoms with Gasteiger partial charge in [-0.25, -0.2) is 4.79 Å². The molecule has 0 aliphatic rings. The van der Waals surface area contributed by atoms with Crippen LogP contribution < -0.4 is 20.3 Å². The number of amides is 1. The first kappa shape index (κ1) is 20.2. The van der Waals surface area contributed by atoms with Crippen molar-refractivity contribution in [1.29, 1.82) is 0 Å². The van der Waals surface area contributed by atoms with Gasteiger partial charge in [0.05, 0.1) is 43.1 Å². The molecule has 0 unspecified atom stereocenters. The predicted octanol–water partition coefficient (Wildman–Crippen LogP) is 3.24. The molecule has 150 valence electrons. The van der Waals surface area contributed by atoms with Crippen molar-refractivity contribution < 1.29 is 23.8 Å². The average molecular weight is 417 g/mol. The lowest BCUT2D eigenvalue weighted by Gasteiger charge is -2.11. The molecule has 3 aromatic rings. The fraction of sp³-hybridized carbons (Fsp3) is 0.150. The summed E-state index contributed by atoms with van der Waals surface area (Å²) in [5.41, 5.74) is 0.129. The number of hydrogen-bond acceptors (Lipinski definition) is 6. The Kier molecular flexibility index (Phi) is 5.74. The van der Waals surface area contributed by atoms with E-state index in [2.05, 4.69) is 15.0 Å². The van der Waals surface area contributed by atoms with Gasteiger partial charge in [0.25, 0.3) is 11.5 Å². The van der Waals surface area contributed by atoms with E-state index in [1.807, 2.05) is 0 Å². The van der Waals surface area contributed by atoms with Gasteiger partial charge in [-0.15, -0.1) is 0 Å². The van der Waals surface area contributed by atoms with Crippen LogP contribution in [0.3, 0.4) is 0 Å². The summed E-state index contributed by atoms with van der Waals surface area (Å²) in [6.45, 7) is 0. The highest BCUT2D eigenvalue weighted by Crippen LogP contribution is 2.31. The molecule has 1 heterocycles. The van der Waals surface area contributed by atoms with E-state index in [1.54, 1.807) is 12.1 Å². The lowest BCUT2D eigenvalue weighted by molar-refractivity contribution is 0.0600. The quantitative estimate of drug-likeness (QED) is 0.618. The van der Waals surface area contributed by atoms with Gasteiger partial charge in [0.2, 0.25) is 0 Å². The Labute approximate surface area is 170 Å². The fourth-order valence-electron chi connectivity index (χ4n) is 2.76. The number of benzene rings is 2. The highest BCUT2D eigenvalue weighted by atomic mass is 35.5. The predicted molar refractivity (Wildman–Crippen MR) is 108 cm³/mol. The fourth-order valence-corrected chi connectivity index (χ4v) is 2.92. The molecule has 0 atom stereocenters. The van der Waals surface area contributed by atoms with Crippen LogP contribution in [0.5, 0.6) is 11.5 Å². The van der Waals surface area contributed by atoms with Crippen LogP contribution in [0.25, 0.3) is 10.9 Å². The van der Waals surface area contributed by atoms with E-state index in [0.717, 1.165) is 0 Å². The first-order valence-electron chi connectivity index (χ1n) is 8.36. The van der Waals surface area contributed by atoms with Gasteiger partial charge in [-0.3, -0.25) is 9.59 Å². The number of pyridine rings is 1. The zero-order valence-corrected chi connectivity index (χ0v) is 16.5. The summed E-state index contributed by atoms with van der Waals surface area (Å²) < 4.78 is 15.1. The number of halogens is 1. The molecule has 2 N–H and O–H groups in total. The van der Waals surface area contributed by atoms with Crippen molar-refractivity contribution in [3.63, 3.8) is 0 Å². The molecule has 0 aliphatic heterocycles. The zero-order valence-electron chi connectivity index (χ0n) is 15.8. The normalized spacial score (nSPS) is 10.5. The Morgan fingerprint density at radius 3 is 2.34 bits per heavy atom. The number of hydrogen-bond donors (Lipinski definition) is 2. The third-order valence-electron chi connectivity index (χ3n) is 4.23. The van der Waals surface area contributed by atoms with Crippen LogP contribution in [0.15, 0.2) is 41.2 Å². The number of anilines is 1. The maximum Gasteiger partial charge on any atom is 0.337 e. The minimum absolute atomic E-state index is 0.135. The number of aromatic nitrogens is 1. The molecule has 3 rings (SSSR count). The van der Waals surface area contributed by atoms with Crippen LogP contribution in [0.2, 0.25) is 5.02 Å².